The van der Waals surface area contributed by atoms with Gasteiger partial charge in [0, 0.05) is 23.2 Å². The molecule has 1 aliphatic rings. The minimum Gasteiger partial charge on any atom is -0.370 e. The number of carbonyl (C=O) groups excluding carboxylic acids is 1. The van der Waals surface area contributed by atoms with E-state index < -0.39 is 0 Å². The first-order chi connectivity index (χ1) is 11.1. The number of piperidine rings is 1. The quantitative estimate of drug-likeness (QED) is 0.870. The number of aromatic nitrogens is 1. The van der Waals surface area contributed by atoms with E-state index >= 15 is 0 Å². The van der Waals surface area contributed by atoms with Gasteiger partial charge in [0.1, 0.15) is 5.69 Å². The van der Waals surface area contributed by atoms with E-state index in [1.165, 1.54) is 12.8 Å². The van der Waals surface area contributed by atoms with E-state index in [9.17, 15) is 4.79 Å². The van der Waals surface area contributed by atoms with Crippen LogP contribution in [0.2, 0.25) is 0 Å². The van der Waals surface area contributed by atoms with Crippen LogP contribution in [0.5, 0.6) is 0 Å². The predicted molar refractivity (Wildman–Crippen MR) is 96.9 cm³/mol. The maximum Gasteiger partial charge on any atom is 0.274 e. The highest BCUT2D eigenvalue weighted by Crippen LogP contribution is 2.22. The van der Waals surface area contributed by atoms with Crippen LogP contribution in [0.25, 0.3) is 0 Å². The van der Waals surface area contributed by atoms with E-state index in [2.05, 4.69) is 38.1 Å². The van der Waals surface area contributed by atoms with E-state index in [0.29, 0.717) is 11.6 Å². The van der Waals surface area contributed by atoms with Crippen molar-refractivity contribution < 1.29 is 4.79 Å². The third-order valence-electron chi connectivity index (χ3n) is 4.09. The first-order valence-electron chi connectivity index (χ1n) is 7.90. The molecule has 2 heterocycles. The molecule has 1 fully saturated rings. The van der Waals surface area contributed by atoms with Crippen LogP contribution in [0.3, 0.4) is 0 Å². The number of anilines is 2. The zero-order valence-electron chi connectivity index (χ0n) is 13.1. The molecule has 0 spiro atoms. The van der Waals surface area contributed by atoms with Gasteiger partial charge >= 0.3 is 0 Å². The third kappa shape index (κ3) is 4.10. The first kappa shape index (κ1) is 16.0. The van der Waals surface area contributed by atoms with Gasteiger partial charge < -0.3 is 10.2 Å². The number of amides is 1. The Morgan fingerprint density at radius 2 is 2.22 bits per heavy atom. The Labute approximate surface area is 145 Å². The largest absolute Gasteiger partial charge is 0.370 e. The molecule has 1 aliphatic heterocycles. The number of pyridine rings is 1. The van der Waals surface area contributed by atoms with Crippen LogP contribution < -0.4 is 10.2 Å². The molecule has 5 heteroatoms. The Hall–Kier alpha value is -1.88. The van der Waals surface area contributed by atoms with Crippen molar-refractivity contribution in [3.8, 4) is 0 Å². The lowest BCUT2D eigenvalue weighted by Gasteiger charge is -2.32. The molecule has 1 saturated heterocycles. The predicted octanol–water partition coefficient (Wildman–Crippen LogP) is 4.33. The summed E-state index contributed by atoms with van der Waals surface area (Å²) in [6, 6.07) is 11.3. The molecule has 1 N–H and O–H groups in total. The first-order valence-corrected chi connectivity index (χ1v) is 8.69. The number of rotatable bonds is 3. The summed E-state index contributed by atoms with van der Waals surface area (Å²) in [6.07, 6.45) is 4.30. The standard InChI is InChI=1S/C18H20BrN3O/c1-13-4-3-9-22(12-13)16-7-8-17(20-11-16)18(23)21-15-6-2-5-14(19)10-15/h2,5-8,10-11,13H,3-4,9,12H2,1H3,(H,21,23). The van der Waals surface area contributed by atoms with Crippen molar-refractivity contribution in [3.63, 3.8) is 0 Å². The van der Waals surface area contributed by atoms with Gasteiger partial charge in [-0.15, -0.1) is 0 Å². The highest BCUT2D eigenvalue weighted by atomic mass is 79.9. The fraction of sp³-hybridized carbons (Fsp3) is 0.333. The normalized spacial score (nSPS) is 17.8. The average molecular weight is 374 g/mol. The number of carbonyl (C=O) groups is 1. The van der Waals surface area contributed by atoms with Crippen LogP contribution in [0.4, 0.5) is 11.4 Å². The third-order valence-corrected chi connectivity index (χ3v) is 4.58. The highest BCUT2D eigenvalue weighted by Gasteiger charge is 2.17. The van der Waals surface area contributed by atoms with Crippen molar-refractivity contribution in [2.45, 2.75) is 19.8 Å². The lowest BCUT2D eigenvalue weighted by Crippen LogP contribution is -2.34. The number of halogens is 1. The SMILES string of the molecule is CC1CCCN(c2ccc(C(=O)Nc3cccc(Br)c3)nc2)C1. The van der Waals surface area contributed by atoms with Crippen molar-refractivity contribution >= 4 is 33.2 Å². The fourth-order valence-corrected chi connectivity index (χ4v) is 3.29. The van der Waals surface area contributed by atoms with E-state index in [0.717, 1.165) is 28.9 Å². The van der Waals surface area contributed by atoms with Crippen LogP contribution in [0, 0.1) is 5.92 Å². The van der Waals surface area contributed by atoms with Gasteiger partial charge in [-0.05, 0) is 49.1 Å². The molecule has 4 nitrogen and oxygen atoms in total. The van der Waals surface area contributed by atoms with Crippen molar-refractivity contribution in [1.82, 2.24) is 4.98 Å². The number of nitrogens with zero attached hydrogens (tertiary/aromatic N) is 2. The Kier molecular flexibility index (Phi) is 4.96. The molecule has 23 heavy (non-hydrogen) atoms. The molecule has 1 unspecified atom stereocenters. The molecular weight excluding hydrogens is 354 g/mol. The van der Waals surface area contributed by atoms with E-state index in [1.807, 2.05) is 30.3 Å². The van der Waals surface area contributed by atoms with Gasteiger partial charge in [-0.2, -0.15) is 0 Å². The zero-order chi connectivity index (χ0) is 16.2. The molecule has 0 saturated carbocycles. The number of hydrogen-bond acceptors (Lipinski definition) is 3. The van der Waals surface area contributed by atoms with Gasteiger partial charge in [0.25, 0.3) is 5.91 Å². The Bertz CT molecular complexity index is 687. The van der Waals surface area contributed by atoms with Crippen LogP contribution in [-0.4, -0.2) is 24.0 Å². The Morgan fingerprint density at radius 3 is 2.91 bits per heavy atom. The van der Waals surface area contributed by atoms with Crippen LogP contribution in [-0.2, 0) is 0 Å². The molecular formula is C18H20BrN3O. The van der Waals surface area contributed by atoms with E-state index in [4.69, 9.17) is 0 Å². The molecule has 0 aliphatic carbocycles. The second-order valence-electron chi connectivity index (χ2n) is 6.06. The molecule has 0 radical (unpaired) electrons. The van der Waals surface area contributed by atoms with Crippen molar-refractivity contribution in [3.05, 3.63) is 52.8 Å². The molecule has 0 bridgehead atoms. The van der Waals surface area contributed by atoms with Gasteiger partial charge in [-0.1, -0.05) is 28.9 Å². The number of benzene rings is 1. The highest BCUT2D eigenvalue weighted by molar-refractivity contribution is 9.10. The summed E-state index contributed by atoms with van der Waals surface area (Å²) in [5, 5.41) is 2.86. The molecule has 1 aromatic heterocycles. The summed E-state index contributed by atoms with van der Waals surface area (Å²) in [4.78, 5) is 18.9. The fourth-order valence-electron chi connectivity index (χ4n) is 2.89. The summed E-state index contributed by atoms with van der Waals surface area (Å²) in [6.45, 7) is 4.40. The van der Waals surface area contributed by atoms with E-state index in [1.54, 1.807) is 12.3 Å². The summed E-state index contributed by atoms with van der Waals surface area (Å²) < 4.78 is 0.929. The summed E-state index contributed by atoms with van der Waals surface area (Å²) >= 11 is 3.39. The van der Waals surface area contributed by atoms with Gasteiger partial charge in [-0.3, -0.25) is 4.79 Å². The monoisotopic (exact) mass is 373 g/mol. The molecule has 2 aromatic rings. The van der Waals surface area contributed by atoms with Crippen molar-refractivity contribution in [2.24, 2.45) is 5.92 Å². The molecule has 120 valence electrons. The maximum absolute atomic E-state index is 12.3. The average Bonchev–Trinajstić information content (AvgIpc) is 2.55. The Morgan fingerprint density at radius 1 is 1.35 bits per heavy atom. The van der Waals surface area contributed by atoms with Gasteiger partial charge in [-0.25, -0.2) is 4.98 Å². The van der Waals surface area contributed by atoms with Gasteiger partial charge in [0.15, 0.2) is 0 Å². The van der Waals surface area contributed by atoms with E-state index in [-0.39, 0.29) is 5.91 Å². The lowest BCUT2D eigenvalue weighted by molar-refractivity contribution is 0.102. The van der Waals surface area contributed by atoms with Crippen LogP contribution in [0.15, 0.2) is 47.1 Å². The second kappa shape index (κ2) is 7.13. The van der Waals surface area contributed by atoms with Crippen molar-refractivity contribution in [1.29, 1.82) is 0 Å². The van der Waals surface area contributed by atoms with Gasteiger partial charge in [0.2, 0.25) is 0 Å². The number of nitrogens with one attached hydrogen (secondary N) is 1. The smallest absolute Gasteiger partial charge is 0.274 e. The van der Waals surface area contributed by atoms with Crippen LogP contribution in [0.1, 0.15) is 30.3 Å². The lowest BCUT2D eigenvalue weighted by atomic mass is 10.00. The summed E-state index contributed by atoms with van der Waals surface area (Å²) in [7, 11) is 0. The second-order valence-corrected chi connectivity index (χ2v) is 6.98. The molecule has 3 rings (SSSR count). The summed E-state index contributed by atoms with van der Waals surface area (Å²) in [5.41, 5.74) is 2.27. The molecule has 1 amide bonds. The molecule has 1 atom stereocenters. The number of hydrogen-bond donors (Lipinski definition) is 1. The minimum absolute atomic E-state index is 0.193. The molecule has 1 aromatic carbocycles. The summed E-state index contributed by atoms with van der Waals surface area (Å²) in [5.74, 6) is 0.518. The maximum atomic E-state index is 12.3. The van der Waals surface area contributed by atoms with Crippen LogP contribution >= 0.6 is 15.9 Å². The topological polar surface area (TPSA) is 45.2 Å². The minimum atomic E-state index is -0.193. The van der Waals surface area contributed by atoms with Crippen molar-refractivity contribution in [2.75, 3.05) is 23.3 Å². The van der Waals surface area contributed by atoms with Gasteiger partial charge in [0.05, 0.1) is 11.9 Å². The Balaban J connectivity index is 1.68. The zero-order valence-corrected chi connectivity index (χ0v) is 14.7.